The third-order valence-corrected chi connectivity index (χ3v) is 5.03. The number of allylic oxidation sites excluding steroid dienone is 1. The van der Waals surface area contributed by atoms with E-state index in [2.05, 4.69) is 0 Å². The first-order valence-corrected chi connectivity index (χ1v) is 8.66. The number of unbranched alkanes of at least 4 members (excludes halogenated alkanes) is 1. The van der Waals surface area contributed by atoms with Gasteiger partial charge in [-0.05, 0) is 55.2 Å². The fourth-order valence-corrected chi connectivity index (χ4v) is 3.57. The van der Waals surface area contributed by atoms with Gasteiger partial charge >= 0.3 is 0 Å². The lowest BCUT2D eigenvalue weighted by atomic mass is 9.78. The maximum absolute atomic E-state index is 13.6. The van der Waals surface area contributed by atoms with Gasteiger partial charge in [0.2, 0.25) is 0 Å². The average Bonchev–Trinajstić information content (AvgIpc) is 2.58. The van der Waals surface area contributed by atoms with Crippen LogP contribution in [0.25, 0.3) is 0 Å². The van der Waals surface area contributed by atoms with E-state index in [1.807, 2.05) is 12.1 Å². The molecule has 0 unspecified atom stereocenters. The van der Waals surface area contributed by atoms with Crippen molar-refractivity contribution in [2.24, 2.45) is 11.8 Å². The van der Waals surface area contributed by atoms with Crippen molar-refractivity contribution in [2.45, 2.75) is 57.8 Å². The molecule has 0 bridgehead atoms. The van der Waals surface area contributed by atoms with Gasteiger partial charge in [0.15, 0.2) is 0 Å². The van der Waals surface area contributed by atoms with Crippen molar-refractivity contribution in [1.29, 1.82) is 5.26 Å². The third-order valence-electron chi connectivity index (χ3n) is 5.03. The van der Waals surface area contributed by atoms with Gasteiger partial charge in [0, 0.05) is 0 Å². The van der Waals surface area contributed by atoms with E-state index in [9.17, 15) is 8.78 Å². The van der Waals surface area contributed by atoms with E-state index >= 15 is 0 Å². The van der Waals surface area contributed by atoms with E-state index < -0.39 is 5.82 Å². The Morgan fingerprint density at radius 2 is 1.83 bits per heavy atom. The molecular weight excluding hydrogens is 292 g/mol. The molecule has 3 heteroatoms. The zero-order valence-corrected chi connectivity index (χ0v) is 13.6. The molecule has 0 saturated heterocycles. The Morgan fingerprint density at radius 3 is 2.43 bits per heavy atom. The van der Waals surface area contributed by atoms with E-state index in [1.165, 1.54) is 38.2 Å². The zero-order valence-electron chi connectivity index (χ0n) is 13.6. The second-order valence-corrected chi connectivity index (χ2v) is 6.64. The van der Waals surface area contributed by atoms with E-state index in [0.717, 1.165) is 43.1 Å². The summed E-state index contributed by atoms with van der Waals surface area (Å²) in [6, 6.07) is 6.80. The molecule has 0 N–H and O–H groups in total. The Labute approximate surface area is 138 Å². The number of nitrogens with zero attached hydrogens (tertiary/aromatic N) is 1. The average molecular weight is 317 g/mol. The molecule has 1 aromatic rings. The quantitative estimate of drug-likeness (QED) is 0.558. The molecule has 1 aromatic carbocycles. The molecule has 1 saturated carbocycles. The van der Waals surface area contributed by atoms with Crippen LogP contribution in [-0.4, -0.2) is 0 Å². The molecule has 23 heavy (non-hydrogen) atoms. The molecule has 0 heterocycles. The molecule has 2 rings (SSSR count). The molecule has 1 fully saturated rings. The highest BCUT2D eigenvalue weighted by atomic mass is 19.1. The summed E-state index contributed by atoms with van der Waals surface area (Å²) in [5.74, 6) is 1.12. The first kappa shape index (κ1) is 17.7. The highest BCUT2D eigenvalue weighted by Crippen LogP contribution is 2.34. The van der Waals surface area contributed by atoms with Gasteiger partial charge in [-0.2, -0.15) is 5.26 Å². The fourth-order valence-electron chi connectivity index (χ4n) is 3.57. The van der Waals surface area contributed by atoms with Gasteiger partial charge in [-0.15, -0.1) is 0 Å². The van der Waals surface area contributed by atoms with Gasteiger partial charge < -0.3 is 0 Å². The standard InChI is InChI=1S/C20H25F2N/c21-13-3-1-2-4-16-5-7-17(8-6-16)9-10-18-11-12-19(15-23)20(22)14-18/h3,11-14,16-17H,1-2,4-10H2. The van der Waals surface area contributed by atoms with Crippen LogP contribution in [0.1, 0.15) is 62.5 Å². The monoisotopic (exact) mass is 317 g/mol. The van der Waals surface area contributed by atoms with Crippen molar-refractivity contribution in [3.63, 3.8) is 0 Å². The van der Waals surface area contributed by atoms with Crippen LogP contribution in [0.2, 0.25) is 0 Å². The minimum absolute atomic E-state index is 0.122. The minimum atomic E-state index is -0.406. The molecule has 124 valence electrons. The molecule has 0 spiro atoms. The first-order valence-electron chi connectivity index (χ1n) is 8.66. The van der Waals surface area contributed by atoms with Crippen molar-refractivity contribution in [3.05, 3.63) is 47.5 Å². The number of hydrogen-bond acceptors (Lipinski definition) is 1. The number of benzene rings is 1. The third kappa shape index (κ3) is 5.78. The fraction of sp³-hybridized carbons (Fsp3) is 0.550. The molecule has 1 aliphatic carbocycles. The number of rotatable bonds is 7. The Kier molecular flexibility index (Phi) is 7.26. The van der Waals surface area contributed by atoms with Gasteiger partial charge in [0.25, 0.3) is 0 Å². The molecule has 0 aromatic heterocycles. The SMILES string of the molecule is N#Cc1ccc(CCC2CCC(CCCC=CF)CC2)cc1F. The van der Waals surface area contributed by atoms with Crippen LogP contribution >= 0.6 is 0 Å². The Morgan fingerprint density at radius 1 is 1.13 bits per heavy atom. The summed E-state index contributed by atoms with van der Waals surface area (Å²) < 4.78 is 25.5. The van der Waals surface area contributed by atoms with Crippen LogP contribution in [0, 0.1) is 29.0 Å². The van der Waals surface area contributed by atoms with Crippen LogP contribution in [0.5, 0.6) is 0 Å². The molecule has 1 nitrogen and oxygen atoms in total. The molecular formula is C20H25F2N. The Hall–Kier alpha value is -1.69. The molecule has 0 atom stereocenters. The second-order valence-electron chi connectivity index (χ2n) is 6.64. The van der Waals surface area contributed by atoms with Crippen LogP contribution in [-0.2, 0) is 6.42 Å². The van der Waals surface area contributed by atoms with Gasteiger partial charge in [-0.3, -0.25) is 0 Å². The number of hydrogen-bond donors (Lipinski definition) is 0. The van der Waals surface area contributed by atoms with Gasteiger partial charge in [-0.1, -0.05) is 44.2 Å². The van der Waals surface area contributed by atoms with Crippen molar-refractivity contribution in [3.8, 4) is 6.07 Å². The van der Waals surface area contributed by atoms with Gasteiger partial charge in [0.1, 0.15) is 11.9 Å². The molecule has 0 aliphatic heterocycles. The van der Waals surface area contributed by atoms with Gasteiger partial charge in [0.05, 0.1) is 11.9 Å². The van der Waals surface area contributed by atoms with Crippen molar-refractivity contribution in [2.75, 3.05) is 0 Å². The predicted molar refractivity (Wildman–Crippen MR) is 89.0 cm³/mol. The summed E-state index contributed by atoms with van der Waals surface area (Å²) in [7, 11) is 0. The second kappa shape index (κ2) is 9.45. The summed E-state index contributed by atoms with van der Waals surface area (Å²) in [6.45, 7) is 0. The van der Waals surface area contributed by atoms with Crippen LogP contribution in [0.4, 0.5) is 8.78 Å². The van der Waals surface area contributed by atoms with Crippen molar-refractivity contribution < 1.29 is 8.78 Å². The highest BCUT2D eigenvalue weighted by Gasteiger charge is 2.20. The summed E-state index contributed by atoms with van der Waals surface area (Å²) >= 11 is 0. The number of aryl methyl sites for hydroxylation is 1. The first-order chi connectivity index (χ1) is 11.2. The Balaban J connectivity index is 1.68. The lowest BCUT2D eigenvalue weighted by Gasteiger charge is -2.28. The lowest BCUT2D eigenvalue weighted by Crippen LogP contribution is -2.15. The summed E-state index contributed by atoms with van der Waals surface area (Å²) in [5, 5.41) is 8.75. The minimum Gasteiger partial charge on any atom is -0.216 e. The van der Waals surface area contributed by atoms with E-state index in [4.69, 9.17) is 5.26 Å². The van der Waals surface area contributed by atoms with Crippen LogP contribution < -0.4 is 0 Å². The van der Waals surface area contributed by atoms with E-state index in [-0.39, 0.29) is 5.56 Å². The maximum Gasteiger partial charge on any atom is 0.141 e. The summed E-state index contributed by atoms with van der Waals surface area (Å²) in [6.07, 6.45) is 12.4. The number of halogens is 2. The van der Waals surface area contributed by atoms with Crippen LogP contribution in [0.3, 0.4) is 0 Å². The van der Waals surface area contributed by atoms with E-state index in [1.54, 1.807) is 12.1 Å². The highest BCUT2D eigenvalue weighted by molar-refractivity contribution is 5.33. The molecule has 1 aliphatic rings. The van der Waals surface area contributed by atoms with Gasteiger partial charge in [-0.25, -0.2) is 8.78 Å². The number of nitriles is 1. The van der Waals surface area contributed by atoms with Crippen molar-refractivity contribution in [1.82, 2.24) is 0 Å². The smallest absolute Gasteiger partial charge is 0.141 e. The molecule has 0 amide bonds. The predicted octanol–water partition coefficient (Wildman–Crippen LogP) is 6.09. The topological polar surface area (TPSA) is 23.8 Å². The summed E-state index contributed by atoms with van der Waals surface area (Å²) in [4.78, 5) is 0. The zero-order chi connectivity index (χ0) is 16.5. The maximum atomic E-state index is 13.6. The summed E-state index contributed by atoms with van der Waals surface area (Å²) in [5.41, 5.74) is 1.11. The van der Waals surface area contributed by atoms with E-state index in [0.29, 0.717) is 6.33 Å². The van der Waals surface area contributed by atoms with Crippen molar-refractivity contribution >= 4 is 0 Å². The lowest BCUT2D eigenvalue weighted by molar-refractivity contribution is 0.250. The Bertz CT molecular complexity index is 551. The largest absolute Gasteiger partial charge is 0.216 e. The molecule has 0 radical (unpaired) electrons. The normalized spacial score (nSPS) is 21.4. The van der Waals surface area contributed by atoms with Crippen LogP contribution in [0.15, 0.2) is 30.6 Å².